The van der Waals surface area contributed by atoms with Gasteiger partial charge in [0.15, 0.2) is 0 Å². The van der Waals surface area contributed by atoms with Crippen LogP contribution in [0.2, 0.25) is 0 Å². The van der Waals surface area contributed by atoms with Crippen LogP contribution in [-0.4, -0.2) is 57.1 Å². The summed E-state index contributed by atoms with van der Waals surface area (Å²) in [6, 6.07) is 0. The van der Waals surface area contributed by atoms with Crippen molar-refractivity contribution in [3.63, 3.8) is 0 Å². The van der Waals surface area contributed by atoms with Gasteiger partial charge in [-0.05, 0) is 40.5 Å². The van der Waals surface area contributed by atoms with Crippen molar-refractivity contribution < 1.29 is 45.6 Å². The van der Waals surface area contributed by atoms with Crippen molar-refractivity contribution in [2.45, 2.75) is 65.0 Å². The van der Waals surface area contributed by atoms with Crippen molar-refractivity contribution >= 4 is 0 Å². The Kier molecular flexibility index (Phi) is 39.0. The van der Waals surface area contributed by atoms with Gasteiger partial charge in [0, 0.05) is 27.2 Å². The molecular weight excluding hydrogens is 416 g/mol. The van der Waals surface area contributed by atoms with Crippen LogP contribution < -0.4 is 0 Å². The summed E-state index contributed by atoms with van der Waals surface area (Å²) in [6.45, 7) is 6.64. The molecule has 0 amide bonds. The zero-order valence-electron chi connectivity index (χ0n) is 12.3. The largest absolute Gasteiger partial charge is 0.400 e. The molecule has 5 N–H and O–H groups in total. The Bertz CT molecular complexity index is 93.0. The predicted octanol–water partition coefficient (Wildman–Crippen LogP) is 0.332. The Morgan fingerprint density at radius 3 is 0.722 bits per heavy atom. The Labute approximate surface area is 125 Å². The zero-order chi connectivity index (χ0) is 13.7. The third-order valence-corrected chi connectivity index (χ3v) is 1.36. The summed E-state index contributed by atoms with van der Waals surface area (Å²) < 4.78 is 0. The van der Waals surface area contributed by atoms with Gasteiger partial charge in [-0.25, -0.2) is 0 Å². The van der Waals surface area contributed by atoms with Crippen molar-refractivity contribution in [3.05, 3.63) is 7.43 Å². The average Bonchev–Trinajstić information content (AvgIpc) is 2.03. The fourth-order valence-corrected chi connectivity index (χ4v) is 0.987. The third kappa shape index (κ3) is 55.0. The van der Waals surface area contributed by atoms with Crippen molar-refractivity contribution in [1.29, 1.82) is 0 Å². The van der Waals surface area contributed by atoms with Crippen LogP contribution in [0.1, 0.15) is 40.5 Å². The summed E-state index contributed by atoms with van der Waals surface area (Å²) in [5.74, 6) is 0. The molecule has 0 spiro atoms. The SMILES string of the molecule is CC(O)C[C@H](C)O.CO.C[C@@H](O)C[C@@H](C)O.[CH3-].[Ir]. The molecule has 18 heavy (non-hydrogen) atoms. The summed E-state index contributed by atoms with van der Waals surface area (Å²) >= 11 is 0. The van der Waals surface area contributed by atoms with Gasteiger partial charge in [0.25, 0.3) is 0 Å². The summed E-state index contributed by atoms with van der Waals surface area (Å²) in [5, 5.41) is 41.3. The predicted molar refractivity (Wildman–Crippen MR) is 70.5 cm³/mol. The minimum absolute atomic E-state index is 0. The minimum Gasteiger partial charge on any atom is -0.400 e. The van der Waals surface area contributed by atoms with Crippen LogP contribution in [0, 0.1) is 7.43 Å². The van der Waals surface area contributed by atoms with Gasteiger partial charge in [-0.3, -0.25) is 0 Å². The molecule has 0 aromatic heterocycles. The second-order valence-corrected chi connectivity index (χ2v) is 3.87. The molecule has 1 unspecified atom stereocenters. The van der Waals surface area contributed by atoms with Gasteiger partial charge in [-0.2, -0.15) is 0 Å². The van der Waals surface area contributed by atoms with E-state index in [9.17, 15) is 0 Å². The first-order valence-corrected chi connectivity index (χ1v) is 5.42. The Morgan fingerprint density at radius 1 is 0.611 bits per heavy atom. The molecule has 1 radical (unpaired) electrons. The second kappa shape index (κ2) is 22.6. The first-order valence-electron chi connectivity index (χ1n) is 5.42. The fourth-order valence-electron chi connectivity index (χ4n) is 0.987. The number of aliphatic hydroxyl groups excluding tert-OH is 5. The molecule has 0 fully saturated rings. The maximum absolute atomic E-state index is 8.56. The standard InChI is InChI=1S/2C5H12O2.CH4O.CH3.Ir/c2*1-4(6)3-5(2)7;1-2;;/h2*4-7H,3H2,1-2H3;2H,1H3;1H3;/q;;;-1;/t4-,5?;4-,5-;;;/m01.../s1. The van der Waals surface area contributed by atoms with Crippen LogP contribution in [0.15, 0.2) is 0 Å². The molecule has 0 aromatic carbocycles. The molecule has 0 bridgehead atoms. The maximum Gasteiger partial charge on any atom is 0.0536 e. The molecular formula is C12H31IrO5-. The first-order chi connectivity index (χ1) is 7.25. The van der Waals surface area contributed by atoms with Gasteiger partial charge in [0.1, 0.15) is 0 Å². The van der Waals surface area contributed by atoms with Gasteiger partial charge in [0.2, 0.25) is 0 Å². The Balaban J connectivity index is -0.0000000500. The van der Waals surface area contributed by atoms with E-state index in [1.165, 1.54) is 0 Å². The molecule has 0 saturated heterocycles. The normalized spacial score (nSPS) is 15.0. The number of hydrogen-bond acceptors (Lipinski definition) is 5. The third-order valence-electron chi connectivity index (χ3n) is 1.36. The van der Waals surface area contributed by atoms with Crippen molar-refractivity contribution in [3.8, 4) is 0 Å². The van der Waals surface area contributed by atoms with Gasteiger partial charge < -0.3 is 33.0 Å². The molecule has 0 aliphatic heterocycles. The van der Waals surface area contributed by atoms with E-state index in [1.807, 2.05) is 0 Å². The van der Waals surface area contributed by atoms with Crippen LogP contribution in [0.4, 0.5) is 0 Å². The van der Waals surface area contributed by atoms with E-state index in [0.717, 1.165) is 7.11 Å². The summed E-state index contributed by atoms with van der Waals surface area (Å²) in [6.07, 6.45) is -0.556. The van der Waals surface area contributed by atoms with Crippen molar-refractivity contribution in [1.82, 2.24) is 0 Å². The van der Waals surface area contributed by atoms with Crippen LogP contribution in [0.5, 0.6) is 0 Å². The van der Waals surface area contributed by atoms with Crippen molar-refractivity contribution in [2.75, 3.05) is 7.11 Å². The zero-order valence-corrected chi connectivity index (χ0v) is 14.7. The molecule has 0 aliphatic carbocycles. The van der Waals surface area contributed by atoms with E-state index in [1.54, 1.807) is 27.7 Å². The Morgan fingerprint density at radius 2 is 0.722 bits per heavy atom. The fraction of sp³-hybridized carbons (Fsp3) is 0.917. The quantitative estimate of drug-likeness (QED) is 0.400. The first kappa shape index (κ1) is 31.1. The van der Waals surface area contributed by atoms with Crippen LogP contribution in [0.25, 0.3) is 0 Å². The molecule has 0 aliphatic rings. The molecule has 4 atom stereocenters. The number of rotatable bonds is 4. The summed E-state index contributed by atoms with van der Waals surface area (Å²) in [5.41, 5.74) is 0. The van der Waals surface area contributed by atoms with E-state index < -0.39 is 0 Å². The number of hydrogen-bond donors (Lipinski definition) is 5. The van der Waals surface area contributed by atoms with Crippen LogP contribution in [-0.2, 0) is 20.1 Å². The molecule has 0 saturated carbocycles. The van der Waals surface area contributed by atoms with E-state index in [0.29, 0.717) is 12.8 Å². The monoisotopic (exact) mass is 448 g/mol. The minimum atomic E-state index is -0.375. The van der Waals surface area contributed by atoms with E-state index >= 15 is 0 Å². The summed E-state index contributed by atoms with van der Waals surface area (Å²) in [7, 11) is 1.00. The maximum atomic E-state index is 8.56. The second-order valence-electron chi connectivity index (χ2n) is 3.87. The molecule has 0 aromatic rings. The smallest absolute Gasteiger partial charge is 0.0536 e. The Hall–Kier alpha value is 0.449. The number of aliphatic hydroxyl groups is 5. The van der Waals surface area contributed by atoms with Gasteiger partial charge in [-0.15, -0.1) is 0 Å². The molecule has 6 heteroatoms. The van der Waals surface area contributed by atoms with Gasteiger partial charge >= 0.3 is 0 Å². The van der Waals surface area contributed by atoms with Gasteiger partial charge in [-0.1, -0.05) is 0 Å². The van der Waals surface area contributed by atoms with Gasteiger partial charge in [0.05, 0.1) is 24.4 Å². The van der Waals surface area contributed by atoms with E-state index in [4.69, 9.17) is 25.5 Å². The average molecular weight is 448 g/mol. The van der Waals surface area contributed by atoms with Crippen LogP contribution in [0.3, 0.4) is 0 Å². The molecule has 5 nitrogen and oxygen atoms in total. The van der Waals surface area contributed by atoms with Crippen molar-refractivity contribution in [2.24, 2.45) is 0 Å². The van der Waals surface area contributed by atoms with Crippen LogP contribution >= 0.6 is 0 Å². The topological polar surface area (TPSA) is 101 Å². The van der Waals surface area contributed by atoms with E-state index in [2.05, 4.69) is 0 Å². The molecule has 0 rings (SSSR count). The van der Waals surface area contributed by atoms with E-state index in [-0.39, 0.29) is 51.9 Å². The summed E-state index contributed by atoms with van der Waals surface area (Å²) in [4.78, 5) is 0. The molecule has 0 heterocycles. The molecule has 119 valence electrons.